The summed E-state index contributed by atoms with van der Waals surface area (Å²) in [5.74, 6) is 2.80. The molecule has 150 valence electrons. The van der Waals surface area contributed by atoms with E-state index in [-0.39, 0.29) is 11.9 Å². The topological polar surface area (TPSA) is 54.5 Å². The van der Waals surface area contributed by atoms with Crippen LogP contribution in [0.3, 0.4) is 0 Å². The summed E-state index contributed by atoms with van der Waals surface area (Å²) in [6.07, 6.45) is 3.85. The molecule has 1 atom stereocenters. The Morgan fingerprint density at radius 2 is 1.82 bits per heavy atom. The molecule has 1 aliphatic heterocycles. The Morgan fingerprint density at radius 1 is 1.14 bits per heavy atom. The molecule has 2 aromatic rings. The third kappa shape index (κ3) is 4.83. The molecule has 3 rings (SSSR count). The van der Waals surface area contributed by atoms with E-state index in [9.17, 15) is 4.79 Å². The number of benzene rings is 1. The van der Waals surface area contributed by atoms with Crippen LogP contribution >= 0.6 is 0 Å². The summed E-state index contributed by atoms with van der Waals surface area (Å²) in [6, 6.07) is 12.0. The van der Waals surface area contributed by atoms with E-state index in [4.69, 9.17) is 4.74 Å². The van der Waals surface area contributed by atoms with Crippen LogP contribution in [0.2, 0.25) is 0 Å². The highest BCUT2D eigenvalue weighted by molar-refractivity contribution is 5.94. The van der Waals surface area contributed by atoms with Gasteiger partial charge in [-0.25, -0.2) is 4.98 Å². The molecular formula is C23H31N3O2. The summed E-state index contributed by atoms with van der Waals surface area (Å²) in [6.45, 7) is 8.28. The average molecular weight is 382 g/mol. The highest BCUT2D eigenvalue weighted by Crippen LogP contribution is 2.27. The van der Waals surface area contributed by atoms with Gasteiger partial charge in [0, 0.05) is 19.3 Å². The highest BCUT2D eigenvalue weighted by atomic mass is 16.5. The Hall–Kier alpha value is -2.56. The van der Waals surface area contributed by atoms with Gasteiger partial charge in [-0.1, -0.05) is 32.9 Å². The fourth-order valence-corrected chi connectivity index (χ4v) is 3.61. The summed E-state index contributed by atoms with van der Waals surface area (Å²) >= 11 is 0. The number of anilines is 1. The van der Waals surface area contributed by atoms with Crippen molar-refractivity contribution in [1.82, 2.24) is 9.88 Å². The van der Waals surface area contributed by atoms with E-state index in [1.165, 1.54) is 5.56 Å². The van der Waals surface area contributed by atoms with Crippen molar-refractivity contribution >= 4 is 11.7 Å². The van der Waals surface area contributed by atoms with E-state index >= 15 is 0 Å². The molecule has 0 spiro atoms. The maximum absolute atomic E-state index is 12.7. The largest absolute Gasteiger partial charge is 0.497 e. The van der Waals surface area contributed by atoms with Crippen molar-refractivity contribution in [3.8, 4) is 5.75 Å². The van der Waals surface area contributed by atoms with Crippen LogP contribution < -0.4 is 10.1 Å². The number of ether oxygens (including phenoxy) is 1. The predicted molar refractivity (Wildman–Crippen MR) is 113 cm³/mol. The number of rotatable bonds is 6. The van der Waals surface area contributed by atoms with Crippen molar-refractivity contribution in [3.63, 3.8) is 0 Å². The van der Waals surface area contributed by atoms with Gasteiger partial charge in [-0.15, -0.1) is 0 Å². The molecule has 0 saturated carbocycles. The average Bonchev–Trinajstić information content (AvgIpc) is 2.72. The number of amides is 1. The Bertz CT molecular complexity index is 763. The molecule has 2 heterocycles. The smallest absolute Gasteiger partial charge is 0.255 e. The molecule has 0 aliphatic carbocycles. The number of hydrogen-bond acceptors (Lipinski definition) is 4. The number of methoxy groups -OCH3 is 1. The fourth-order valence-electron chi connectivity index (χ4n) is 3.61. The summed E-state index contributed by atoms with van der Waals surface area (Å²) in [7, 11) is 1.67. The van der Waals surface area contributed by atoms with Crippen molar-refractivity contribution in [1.29, 1.82) is 0 Å². The number of nitrogens with zero attached hydrogens (tertiary/aromatic N) is 2. The summed E-state index contributed by atoms with van der Waals surface area (Å²) in [4.78, 5) is 19.1. The standard InChI is InChI=1S/C23H31N3O2/c1-16(2)22(18-5-8-20(28-4)9-6-18)25-21-10-7-19(15-24-21)23(27)26-13-11-17(3)12-14-26/h5-10,15-17,22H,11-14H2,1-4H3,(H,24,25). The second-order valence-corrected chi connectivity index (χ2v) is 8.05. The minimum atomic E-state index is 0.0847. The zero-order valence-corrected chi connectivity index (χ0v) is 17.3. The quantitative estimate of drug-likeness (QED) is 0.783. The number of hydrogen-bond donors (Lipinski definition) is 1. The van der Waals surface area contributed by atoms with Gasteiger partial charge < -0.3 is 15.0 Å². The Labute approximate surface area is 168 Å². The summed E-state index contributed by atoms with van der Waals surface area (Å²) in [5, 5.41) is 3.51. The van der Waals surface area contributed by atoms with Gasteiger partial charge in [0.2, 0.25) is 0 Å². The van der Waals surface area contributed by atoms with Crippen LogP contribution in [0.1, 0.15) is 55.6 Å². The van der Waals surface area contributed by atoms with Gasteiger partial charge >= 0.3 is 0 Å². The SMILES string of the molecule is COc1ccc(C(Nc2ccc(C(=O)N3CCC(C)CC3)cn2)C(C)C)cc1. The Kier molecular flexibility index (Phi) is 6.55. The van der Waals surface area contributed by atoms with E-state index in [1.54, 1.807) is 13.3 Å². The lowest BCUT2D eigenvalue weighted by Gasteiger charge is -2.30. The first-order chi connectivity index (χ1) is 13.5. The lowest BCUT2D eigenvalue weighted by molar-refractivity contribution is 0.0697. The normalized spacial score (nSPS) is 16.1. The molecule has 5 heteroatoms. The van der Waals surface area contributed by atoms with Crippen molar-refractivity contribution < 1.29 is 9.53 Å². The maximum atomic E-state index is 12.7. The minimum Gasteiger partial charge on any atom is -0.497 e. The second-order valence-electron chi connectivity index (χ2n) is 8.05. The van der Waals surface area contributed by atoms with Crippen molar-refractivity contribution in [3.05, 3.63) is 53.7 Å². The van der Waals surface area contributed by atoms with Gasteiger partial charge in [0.15, 0.2) is 0 Å². The number of likely N-dealkylation sites (tertiary alicyclic amines) is 1. The molecule has 1 aromatic heterocycles. The number of piperidine rings is 1. The number of pyridine rings is 1. The monoisotopic (exact) mass is 381 g/mol. The third-order valence-electron chi connectivity index (χ3n) is 5.53. The van der Waals surface area contributed by atoms with Crippen molar-refractivity contribution in [2.75, 3.05) is 25.5 Å². The second kappa shape index (κ2) is 9.09. The van der Waals surface area contributed by atoms with Crippen LogP contribution in [-0.2, 0) is 0 Å². The first-order valence-corrected chi connectivity index (χ1v) is 10.1. The number of aromatic nitrogens is 1. The van der Waals surface area contributed by atoms with E-state index in [0.717, 1.165) is 37.5 Å². The molecule has 1 saturated heterocycles. The predicted octanol–water partition coefficient (Wildman–Crippen LogP) is 4.77. The minimum absolute atomic E-state index is 0.0847. The van der Waals surface area contributed by atoms with Crippen LogP contribution in [0.5, 0.6) is 5.75 Å². The highest BCUT2D eigenvalue weighted by Gasteiger charge is 2.22. The van der Waals surface area contributed by atoms with Crippen LogP contribution in [0.15, 0.2) is 42.6 Å². The maximum Gasteiger partial charge on any atom is 0.255 e. The van der Waals surface area contributed by atoms with E-state index in [2.05, 4.69) is 43.2 Å². The van der Waals surface area contributed by atoms with Gasteiger partial charge in [0.1, 0.15) is 11.6 Å². The first-order valence-electron chi connectivity index (χ1n) is 10.1. The van der Waals surface area contributed by atoms with E-state index in [1.807, 2.05) is 29.2 Å². The fraction of sp³-hybridized carbons (Fsp3) is 0.478. The first kappa shape index (κ1) is 20.2. The van der Waals surface area contributed by atoms with Crippen LogP contribution in [-0.4, -0.2) is 36.0 Å². The molecule has 1 aliphatic rings. The summed E-state index contributed by atoms with van der Waals surface area (Å²) < 4.78 is 5.25. The zero-order chi connectivity index (χ0) is 20.1. The molecule has 0 bridgehead atoms. The van der Waals surface area contributed by atoms with Crippen LogP contribution in [0.25, 0.3) is 0 Å². The summed E-state index contributed by atoms with van der Waals surface area (Å²) in [5.41, 5.74) is 1.84. The lowest BCUT2D eigenvalue weighted by Crippen LogP contribution is -2.37. The molecule has 0 radical (unpaired) electrons. The van der Waals surface area contributed by atoms with E-state index in [0.29, 0.717) is 17.4 Å². The van der Waals surface area contributed by atoms with Gasteiger partial charge in [-0.2, -0.15) is 0 Å². The lowest BCUT2D eigenvalue weighted by atomic mass is 9.96. The van der Waals surface area contributed by atoms with Crippen molar-refractivity contribution in [2.45, 2.75) is 39.7 Å². The van der Waals surface area contributed by atoms with Crippen LogP contribution in [0, 0.1) is 11.8 Å². The molecule has 5 nitrogen and oxygen atoms in total. The molecule has 1 aromatic carbocycles. The molecule has 1 unspecified atom stereocenters. The van der Waals surface area contributed by atoms with Crippen molar-refractivity contribution in [2.24, 2.45) is 11.8 Å². The zero-order valence-electron chi connectivity index (χ0n) is 17.3. The van der Waals surface area contributed by atoms with Gasteiger partial charge in [0.25, 0.3) is 5.91 Å². The van der Waals surface area contributed by atoms with E-state index < -0.39 is 0 Å². The Balaban J connectivity index is 1.68. The molecular weight excluding hydrogens is 350 g/mol. The van der Waals surface area contributed by atoms with Gasteiger partial charge in [-0.3, -0.25) is 4.79 Å². The third-order valence-corrected chi connectivity index (χ3v) is 5.53. The molecule has 1 amide bonds. The van der Waals surface area contributed by atoms with Crippen LogP contribution in [0.4, 0.5) is 5.82 Å². The Morgan fingerprint density at radius 3 is 2.36 bits per heavy atom. The molecule has 1 N–H and O–H groups in total. The molecule has 28 heavy (non-hydrogen) atoms. The number of carbonyl (C=O) groups excluding carboxylic acids is 1. The van der Waals surface area contributed by atoms with Gasteiger partial charge in [-0.05, 0) is 54.5 Å². The molecule has 1 fully saturated rings. The number of carbonyl (C=O) groups is 1. The number of nitrogens with one attached hydrogen (secondary N) is 1. The van der Waals surface area contributed by atoms with Gasteiger partial charge in [0.05, 0.1) is 18.7 Å².